The highest BCUT2D eigenvalue weighted by Gasteiger charge is 2.27. The molecule has 0 radical (unpaired) electrons. The lowest BCUT2D eigenvalue weighted by Crippen LogP contribution is -2.13. The first-order valence-electron chi connectivity index (χ1n) is 5.01. The largest absolute Gasteiger partial charge is 0.385 e. The molecular formula is C10H16N2OS. The molecule has 1 aromatic rings. The van der Waals surface area contributed by atoms with Crippen LogP contribution < -0.4 is 5.73 Å². The first-order chi connectivity index (χ1) is 6.81. The number of nitrogens with two attached hydrogens (primary N) is 1. The zero-order chi connectivity index (χ0) is 9.97. The van der Waals surface area contributed by atoms with Crippen LogP contribution >= 0.6 is 11.3 Å². The normalized spacial score (nSPS) is 18.4. The van der Waals surface area contributed by atoms with Gasteiger partial charge in [-0.05, 0) is 19.3 Å². The average Bonchev–Trinajstić information content (AvgIpc) is 2.93. The van der Waals surface area contributed by atoms with Crippen molar-refractivity contribution in [3.63, 3.8) is 0 Å². The Morgan fingerprint density at radius 1 is 1.71 bits per heavy atom. The van der Waals surface area contributed by atoms with E-state index in [4.69, 9.17) is 10.5 Å². The summed E-state index contributed by atoms with van der Waals surface area (Å²) in [5, 5.41) is 3.36. The van der Waals surface area contributed by atoms with E-state index >= 15 is 0 Å². The number of hydrogen-bond donors (Lipinski definition) is 1. The SMILES string of the molecule is COCCC(N)c1csc(C2CC2)n1. The van der Waals surface area contributed by atoms with Gasteiger partial charge in [0.05, 0.1) is 16.7 Å². The minimum Gasteiger partial charge on any atom is -0.385 e. The zero-order valence-electron chi connectivity index (χ0n) is 8.40. The second-order valence-corrected chi connectivity index (χ2v) is 4.66. The minimum atomic E-state index is 0.0405. The van der Waals surface area contributed by atoms with Crippen LogP contribution in [0.5, 0.6) is 0 Å². The number of hydrogen-bond acceptors (Lipinski definition) is 4. The Bertz CT molecular complexity index is 296. The van der Waals surface area contributed by atoms with Crippen molar-refractivity contribution in [1.82, 2.24) is 4.98 Å². The fourth-order valence-electron chi connectivity index (χ4n) is 1.38. The third-order valence-corrected chi connectivity index (χ3v) is 3.50. The topological polar surface area (TPSA) is 48.1 Å². The molecule has 0 amide bonds. The molecule has 1 saturated carbocycles. The predicted molar refractivity (Wildman–Crippen MR) is 57.5 cm³/mol. The highest BCUT2D eigenvalue weighted by molar-refractivity contribution is 7.09. The summed E-state index contributed by atoms with van der Waals surface area (Å²) in [6, 6.07) is 0.0405. The second-order valence-electron chi connectivity index (χ2n) is 3.77. The van der Waals surface area contributed by atoms with Gasteiger partial charge in [0.25, 0.3) is 0 Å². The summed E-state index contributed by atoms with van der Waals surface area (Å²) in [4.78, 5) is 4.56. The van der Waals surface area contributed by atoms with Gasteiger partial charge in [0.15, 0.2) is 0 Å². The molecule has 14 heavy (non-hydrogen) atoms. The van der Waals surface area contributed by atoms with Gasteiger partial charge in [-0.3, -0.25) is 0 Å². The molecule has 0 saturated heterocycles. The molecule has 1 atom stereocenters. The molecule has 0 spiro atoms. The highest BCUT2D eigenvalue weighted by Crippen LogP contribution is 2.41. The molecule has 0 aromatic carbocycles. The maximum absolute atomic E-state index is 5.98. The summed E-state index contributed by atoms with van der Waals surface area (Å²) in [5.41, 5.74) is 7.02. The molecule has 2 rings (SSSR count). The van der Waals surface area contributed by atoms with Crippen LogP contribution in [0.1, 0.15) is 41.9 Å². The van der Waals surface area contributed by atoms with Crippen molar-refractivity contribution in [2.75, 3.05) is 13.7 Å². The number of rotatable bonds is 5. The Morgan fingerprint density at radius 3 is 3.14 bits per heavy atom. The van der Waals surface area contributed by atoms with Crippen molar-refractivity contribution in [2.24, 2.45) is 5.73 Å². The van der Waals surface area contributed by atoms with Crippen LogP contribution in [0.15, 0.2) is 5.38 Å². The smallest absolute Gasteiger partial charge is 0.0959 e. The van der Waals surface area contributed by atoms with Gasteiger partial charge in [-0.15, -0.1) is 11.3 Å². The Labute approximate surface area is 88.3 Å². The Kier molecular flexibility index (Phi) is 3.15. The van der Waals surface area contributed by atoms with E-state index in [1.54, 1.807) is 18.4 Å². The highest BCUT2D eigenvalue weighted by atomic mass is 32.1. The van der Waals surface area contributed by atoms with Gasteiger partial charge in [-0.1, -0.05) is 0 Å². The van der Waals surface area contributed by atoms with Gasteiger partial charge in [0, 0.05) is 25.0 Å². The van der Waals surface area contributed by atoms with E-state index in [1.807, 2.05) is 0 Å². The van der Waals surface area contributed by atoms with Crippen LogP contribution in [0.3, 0.4) is 0 Å². The average molecular weight is 212 g/mol. The van der Waals surface area contributed by atoms with Crippen molar-refractivity contribution in [1.29, 1.82) is 0 Å². The second kappa shape index (κ2) is 4.38. The summed E-state index contributed by atoms with van der Waals surface area (Å²) in [6.07, 6.45) is 3.46. The first-order valence-corrected chi connectivity index (χ1v) is 5.89. The number of aromatic nitrogens is 1. The molecule has 2 N–H and O–H groups in total. The molecule has 0 aliphatic heterocycles. The zero-order valence-corrected chi connectivity index (χ0v) is 9.22. The van der Waals surface area contributed by atoms with Gasteiger partial charge in [-0.25, -0.2) is 4.98 Å². The minimum absolute atomic E-state index is 0.0405. The monoisotopic (exact) mass is 212 g/mol. The van der Waals surface area contributed by atoms with E-state index in [9.17, 15) is 0 Å². The van der Waals surface area contributed by atoms with Gasteiger partial charge in [0.1, 0.15) is 0 Å². The standard InChI is InChI=1S/C10H16N2OS/c1-13-5-4-8(11)9-6-14-10(12-9)7-2-3-7/h6-8H,2-5,11H2,1H3. The molecule has 78 valence electrons. The molecule has 3 nitrogen and oxygen atoms in total. The molecule has 1 aromatic heterocycles. The van der Waals surface area contributed by atoms with E-state index in [-0.39, 0.29) is 6.04 Å². The number of thiazole rings is 1. The molecule has 4 heteroatoms. The van der Waals surface area contributed by atoms with Crippen LogP contribution in [-0.4, -0.2) is 18.7 Å². The number of nitrogens with zero attached hydrogens (tertiary/aromatic N) is 1. The van der Waals surface area contributed by atoms with Crippen molar-refractivity contribution in [3.05, 3.63) is 16.1 Å². The molecule has 1 aliphatic carbocycles. The van der Waals surface area contributed by atoms with Crippen LogP contribution in [0.2, 0.25) is 0 Å². The molecule has 1 unspecified atom stereocenters. The van der Waals surface area contributed by atoms with Gasteiger partial charge in [0.2, 0.25) is 0 Å². The lowest BCUT2D eigenvalue weighted by Gasteiger charge is -2.06. The van der Waals surface area contributed by atoms with E-state index < -0.39 is 0 Å². The van der Waals surface area contributed by atoms with Crippen molar-refractivity contribution < 1.29 is 4.74 Å². The molecule has 1 fully saturated rings. The Morgan fingerprint density at radius 2 is 2.50 bits per heavy atom. The quantitative estimate of drug-likeness (QED) is 0.812. The lowest BCUT2D eigenvalue weighted by atomic mass is 10.2. The number of ether oxygens (including phenoxy) is 1. The lowest BCUT2D eigenvalue weighted by molar-refractivity contribution is 0.187. The van der Waals surface area contributed by atoms with Gasteiger partial charge in [-0.2, -0.15) is 0 Å². The van der Waals surface area contributed by atoms with Crippen molar-refractivity contribution in [2.45, 2.75) is 31.2 Å². The van der Waals surface area contributed by atoms with Crippen LogP contribution in [0, 0.1) is 0 Å². The molecule has 0 bridgehead atoms. The third-order valence-electron chi connectivity index (χ3n) is 2.48. The van der Waals surface area contributed by atoms with E-state index in [1.165, 1.54) is 17.8 Å². The molecule has 1 heterocycles. The number of methoxy groups -OCH3 is 1. The Balaban J connectivity index is 1.93. The van der Waals surface area contributed by atoms with Crippen LogP contribution in [0.4, 0.5) is 0 Å². The first kappa shape index (κ1) is 10.1. The van der Waals surface area contributed by atoms with Crippen LogP contribution in [0.25, 0.3) is 0 Å². The summed E-state index contributed by atoms with van der Waals surface area (Å²) in [5.74, 6) is 0.739. The fraction of sp³-hybridized carbons (Fsp3) is 0.700. The van der Waals surface area contributed by atoms with Gasteiger partial charge >= 0.3 is 0 Å². The third kappa shape index (κ3) is 2.32. The van der Waals surface area contributed by atoms with E-state index in [2.05, 4.69) is 10.4 Å². The Hall–Kier alpha value is -0.450. The predicted octanol–water partition coefficient (Wildman–Crippen LogP) is 2.06. The summed E-state index contributed by atoms with van der Waals surface area (Å²) in [7, 11) is 1.70. The van der Waals surface area contributed by atoms with Gasteiger partial charge < -0.3 is 10.5 Å². The summed E-state index contributed by atoms with van der Waals surface area (Å²) >= 11 is 1.75. The van der Waals surface area contributed by atoms with Crippen LogP contribution in [-0.2, 0) is 4.74 Å². The maximum Gasteiger partial charge on any atom is 0.0959 e. The maximum atomic E-state index is 5.98. The summed E-state index contributed by atoms with van der Waals surface area (Å²) < 4.78 is 5.00. The fourth-order valence-corrected chi connectivity index (χ4v) is 2.44. The summed E-state index contributed by atoms with van der Waals surface area (Å²) in [6.45, 7) is 0.706. The van der Waals surface area contributed by atoms with E-state index in [0.29, 0.717) is 6.61 Å². The van der Waals surface area contributed by atoms with Crippen molar-refractivity contribution >= 4 is 11.3 Å². The van der Waals surface area contributed by atoms with E-state index in [0.717, 1.165) is 18.0 Å². The van der Waals surface area contributed by atoms with Crippen molar-refractivity contribution in [3.8, 4) is 0 Å². The molecule has 1 aliphatic rings. The molecular weight excluding hydrogens is 196 g/mol.